The van der Waals surface area contributed by atoms with Crippen molar-refractivity contribution in [3.8, 4) is 0 Å². The second-order valence-electron chi connectivity index (χ2n) is 4.68. The minimum Gasteiger partial charge on any atom is -0.341 e. The van der Waals surface area contributed by atoms with Crippen molar-refractivity contribution in [2.45, 2.75) is 30.8 Å². The number of aromatic nitrogens is 3. The number of likely N-dealkylation sites (tertiary alicyclic amines) is 1. The van der Waals surface area contributed by atoms with Gasteiger partial charge in [-0.3, -0.25) is 4.79 Å². The van der Waals surface area contributed by atoms with Crippen molar-refractivity contribution in [3.05, 3.63) is 4.60 Å². The quantitative estimate of drug-likeness (QED) is 0.801. The number of hydrogen-bond acceptors (Lipinski definition) is 5. The van der Waals surface area contributed by atoms with Crippen LogP contribution in [0.4, 0.5) is 0 Å². The summed E-state index contributed by atoms with van der Waals surface area (Å²) in [6.07, 6.45) is 1.92. The third-order valence-corrected chi connectivity index (χ3v) is 5.54. The molecule has 0 aliphatic carbocycles. The van der Waals surface area contributed by atoms with Crippen LogP contribution < -0.4 is 4.72 Å². The maximum absolute atomic E-state index is 12.3. The molecule has 8 nitrogen and oxygen atoms in total. The number of nitrogens with one attached hydrogen (secondary N) is 1. The average Bonchev–Trinajstić information content (AvgIpc) is 2.97. The van der Waals surface area contributed by atoms with Crippen molar-refractivity contribution in [1.29, 1.82) is 0 Å². The number of hydrogen-bond donors (Lipinski definition) is 1. The zero-order chi connectivity index (χ0) is 14.9. The molecular formula is C10H16BrN5O3S. The molecule has 0 radical (unpaired) electrons. The molecule has 1 aliphatic rings. The molecular weight excluding hydrogens is 350 g/mol. The second-order valence-corrected chi connectivity index (χ2v) is 7.06. The highest BCUT2D eigenvalue weighted by molar-refractivity contribution is 9.10. The fourth-order valence-electron chi connectivity index (χ4n) is 2.16. The van der Waals surface area contributed by atoms with Crippen molar-refractivity contribution in [1.82, 2.24) is 24.6 Å². The molecule has 1 aliphatic heterocycles. The molecule has 1 unspecified atom stereocenters. The van der Waals surface area contributed by atoms with Crippen molar-refractivity contribution in [2.24, 2.45) is 7.05 Å². The predicted octanol–water partition coefficient (Wildman–Crippen LogP) is -0.133. The smallest absolute Gasteiger partial charge is 0.261 e. The maximum Gasteiger partial charge on any atom is 0.261 e. The Hall–Kier alpha value is -1.00. The van der Waals surface area contributed by atoms with Gasteiger partial charge in [0.2, 0.25) is 10.9 Å². The van der Waals surface area contributed by atoms with Crippen molar-refractivity contribution in [3.63, 3.8) is 0 Å². The molecule has 10 heteroatoms. The van der Waals surface area contributed by atoms with Crippen LogP contribution in [0.1, 0.15) is 19.8 Å². The summed E-state index contributed by atoms with van der Waals surface area (Å²) in [5.74, 6) is -0.211. The fraction of sp³-hybridized carbons (Fsp3) is 0.700. The second kappa shape index (κ2) is 5.78. The largest absolute Gasteiger partial charge is 0.341 e. The van der Waals surface area contributed by atoms with E-state index in [1.165, 1.54) is 14.0 Å². The van der Waals surface area contributed by atoms with Crippen LogP contribution in [-0.4, -0.2) is 53.4 Å². The van der Waals surface area contributed by atoms with Crippen LogP contribution in [0.2, 0.25) is 0 Å². The lowest BCUT2D eigenvalue weighted by Crippen LogP contribution is -2.46. The van der Waals surface area contributed by atoms with Gasteiger partial charge in [0.15, 0.2) is 4.60 Å². The van der Waals surface area contributed by atoms with Crippen LogP contribution in [0.15, 0.2) is 9.63 Å². The Bertz CT molecular complexity index is 589. The first kappa shape index (κ1) is 15.4. The molecule has 1 aromatic rings. The zero-order valence-corrected chi connectivity index (χ0v) is 13.6. The fourth-order valence-corrected chi connectivity index (χ4v) is 4.45. The molecule has 1 fully saturated rings. The Morgan fingerprint density at radius 3 is 2.50 bits per heavy atom. The minimum absolute atomic E-state index is 0.0985. The van der Waals surface area contributed by atoms with Gasteiger partial charge in [0.1, 0.15) is 0 Å². The number of nitrogens with zero attached hydrogens (tertiary/aromatic N) is 4. The normalized spacial score (nSPS) is 17.4. The van der Waals surface area contributed by atoms with E-state index in [9.17, 15) is 13.2 Å². The number of carbonyl (C=O) groups excluding carboxylic acids is 1. The first-order chi connectivity index (χ1) is 9.33. The van der Waals surface area contributed by atoms with Crippen LogP contribution in [0.25, 0.3) is 0 Å². The third-order valence-electron chi connectivity index (χ3n) is 3.11. The summed E-state index contributed by atoms with van der Waals surface area (Å²) in [7, 11) is -2.39. The highest BCUT2D eigenvalue weighted by Crippen LogP contribution is 2.18. The summed E-state index contributed by atoms with van der Waals surface area (Å²) < 4.78 is 28.1. The summed E-state index contributed by atoms with van der Waals surface area (Å²) in [5, 5.41) is 7.15. The zero-order valence-electron chi connectivity index (χ0n) is 11.2. The van der Waals surface area contributed by atoms with E-state index in [2.05, 4.69) is 31.0 Å². The standard InChI is InChI=1S/C10H16BrN5O3S/c1-7(9(17)16-5-3-4-6-16)13-20(18,19)10-8(11)12-14-15(10)2/h7,13H,3-6H2,1-2H3. The van der Waals surface area contributed by atoms with Crippen LogP contribution in [-0.2, 0) is 21.9 Å². The SMILES string of the molecule is CC(NS(=O)(=O)c1c(Br)nnn1C)C(=O)N1CCCC1. The van der Waals surface area contributed by atoms with E-state index in [0.717, 1.165) is 17.5 Å². The van der Waals surface area contributed by atoms with Gasteiger partial charge >= 0.3 is 0 Å². The molecule has 0 saturated carbocycles. The van der Waals surface area contributed by atoms with E-state index < -0.39 is 16.1 Å². The number of amides is 1. The summed E-state index contributed by atoms with van der Waals surface area (Å²) in [6.45, 7) is 2.90. The van der Waals surface area contributed by atoms with Gasteiger partial charge in [0, 0.05) is 20.1 Å². The van der Waals surface area contributed by atoms with E-state index in [1.54, 1.807) is 4.90 Å². The minimum atomic E-state index is -3.86. The van der Waals surface area contributed by atoms with E-state index >= 15 is 0 Å². The molecule has 2 rings (SSSR count). The van der Waals surface area contributed by atoms with E-state index in [0.29, 0.717) is 13.1 Å². The molecule has 0 spiro atoms. The number of rotatable bonds is 4. The van der Waals surface area contributed by atoms with E-state index in [4.69, 9.17) is 0 Å². The van der Waals surface area contributed by atoms with Gasteiger partial charge in [-0.1, -0.05) is 5.21 Å². The van der Waals surface area contributed by atoms with Gasteiger partial charge in [-0.15, -0.1) is 5.10 Å². The van der Waals surface area contributed by atoms with Crippen LogP contribution in [0.5, 0.6) is 0 Å². The highest BCUT2D eigenvalue weighted by atomic mass is 79.9. The van der Waals surface area contributed by atoms with Crippen molar-refractivity contribution < 1.29 is 13.2 Å². The molecule has 1 amide bonds. The number of halogens is 1. The topological polar surface area (TPSA) is 97.2 Å². The van der Waals surface area contributed by atoms with E-state index in [-0.39, 0.29) is 15.5 Å². The molecule has 1 atom stereocenters. The van der Waals surface area contributed by atoms with Gasteiger partial charge in [-0.25, -0.2) is 13.1 Å². The average molecular weight is 366 g/mol. The van der Waals surface area contributed by atoms with Gasteiger partial charge < -0.3 is 4.90 Å². The Kier molecular flexibility index (Phi) is 4.45. The number of sulfonamides is 1. The highest BCUT2D eigenvalue weighted by Gasteiger charge is 2.30. The van der Waals surface area contributed by atoms with Gasteiger partial charge in [-0.2, -0.15) is 4.72 Å². The Morgan fingerprint density at radius 1 is 1.40 bits per heavy atom. The van der Waals surface area contributed by atoms with Gasteiger partial charge in [0.25, 0.3) is 10.0 Å². The Labute approximate surface area is 125 Å². The Balaban J connectivity index is 2.14. The maximum atomic E-state index is 12.3. The lowest BCUT2D eigenvalue weighted by molar-refractivity contribution is -0.131. The lowest BCUT2D eigenvalue weighted by Gasteiger charge is -2.20. The first-order valence-electron chi connectivity index (χ1n) is 6.19. The molecule has 2 heterocycles. The summed E-state index contributed by atoms with van der Waals surface area (Å²) in [5.41, 5.74) is 0. The lowest BCUT2D eigenvalue weighted by atomic mass is 10.3. The summed E-state index contributed by atoms with van der Waals surface area (Å²) in [4.78, 5) is 13.8. The summed E-state index contributed by atoms with van der Waals surface area (Å²) in [6, 6.07) is -0.820. The monoisotopic (exact) mass is 365 g/mol. The number of aryl methyl sites for hydroxylation is 1. The molecule has 112 valence electrons. The molecule has 1 saturated heterocycles. The molecule has 0 aromatic carbocycles. The molecule has 20 heavy (non-hydrogen) atoms. The number of carbonyl (C=O) groups is 1. The van der Waals surface area contributed by atoms with Crippen LogP contribution >= 0.6 is 15.9 Å². The van der Waals surface area contributed by atoms with Gasteiger partial charge in [-0.05, 0) is 35.7 Å². The molecule has 0 bridgehead atoms. The third kappa shape index (κ3) is 3.01. The molecule has 1 N–H and O–H groups in total. The Morgan fingerprint density at radius 2 is 2.00 bits per heavy atom. The molecule has 1 aromatic heterocycles. The first-order valence-corrected chi connectivity index (χ1v) is 8.47. The van der Waals surface area contributed by atoms with E-state index in [1.807, 2.05) is 0 Å². The van der Waals surface area contributed by atoms with Crippen molar-refractivity contribution in [2.75, 3.05) is 13.1 Å². The summed E-state index contributed by atoms with van der Waals surface area (Å²) >= 11 is 3.04. The van der Waals surface area contributed by atoms with Crippen LogP contribution in [0, 0.1) is 0 Å². The predicted molar refractivity (Wildman–Crippen MR) is 74.3 cm³/mol. The van der Waals surface area contributed by atoms with Gasteiger partial charge in [0.05, 0.1) is 6.04 Å². The van der Waals surface area contributed by atoms with Crippen LogP contribution in [0.3, 0.4) is 0 Å². The van der Waals surface area contributed by atoms with Crippen molar-refractivity contribution >= 4 is 31.9 Å².